The zero-order valence-electron chi connectivity index (χ0n) is 15.7. The molecule has 3 rings (SSSR count). The average molecular weight is 416 g/mol. The molecule has 0 spiro atoms. The molecule has 1 N–H and O–H groups in total. The van der Waals surface area contributed by atoms with Crippen LogP contribution < -0.4 is 10.2 Å². The summed E-state index contributed by atoms with van der Waals surface area (Å²) in [6, 6.07) is 13.4. The summed E-state index contributed by atoms with van der Waals surface area (Å²) in [5, 5.41) is 14.2. The maximum Gasteiger partial charge on any atom is 0.326 e. The molecule has 0 fully saturated rings. The van der Waals surface area contributed by atoms with Crippen LogP contribution in [0.15, 0.2) is 53.1 Å². The van der Waals surface area contributed by atoms with Crippen molar-refractivity contribution >= 4 is 35.1 Å². The number of anilines is 2. The number of esters is 1. The third-order valence-electron chi connectivity index (χ3n) is 3.84. The van der Waals surface area contributed by atoms with Gasteiger partial charge in [-0.15, -0.1) is 10.2 Å². The molecule has 0 saturated carbocycles. The van der Waals surface area contributed by atoms with Gasteiger partial charge in [0.25, 0.3) is 5.91 Å². The number of amides is 1. The molecule has 0 aliphatic heterocycles. The molecule has 0 saturated heterocycles. The van der Waals surface area contributed by atoms with Crippen molar-refractivity contribution in [1.82, 2.24) is 15.4 Å². The smallest absolute Gasteiger partial charge is 0.326 e. The molecule has 10 heteroatoms. The zero-order chi connectivity index (χ0) is 20.8. The summed E-state index contributed by atoms with van der Waals surface area (Å²) in [6.45, 7) is 1.56. The van der Waals surface area contributed by atoms with Crippen LogP contribution in [-0.2, 0) is 14.3 Å². The molecule has 0 aliphatic rings. The molecule has 2 heterocycles. The second-order valence-electron chi connectivity index (χ2n) is 6.16. The van der Waals surface area contributed by atoms with Crippen molar-refractivity contribution in [3.8, 4) is 0 Å². The highest BCUT2D eigenvalue weighted by atomic mass is 35.5. The highest BCUT2D eigenvalue weighted by molar-refractivity contribution is 6.29. The summed E-state index contributed by atoms with van der Waals surface area (Å²) in [7, 11) is 1.65. The Morgan fingerprint density at radius 2 is 1.97 bits per heavy atom. The van der Waals surface area contributed by atoms with Gasteiger partial charge in [0.1, 0.15) is 12.3 Å². The van der Waals surface area contributed by atoms with Crippen molar-refractivity contribution in [3.63, 3.8) is 0 Å². The first kappa shape index (κ1) is 20.3. The molecule has 0 radical (unpaired) electrons. The number of rotatable bonds is 7. The van der Waals surface area contributed by atoms with Crippen molar-refractivity contribution in [2.24, 2.45) is 0 Å². The third-order valence-corrected chi connectivity index (χ3v) is 4.05. The molecule has 0 bridgehead atoms. The van der Waals surface area contributed by atoms with Crippen LogP contribution >= 0.6 is 11.6 Å². The summed E-state index contributed by atoms with van der Waals surface area (Å²) in [5.41, 5.74) is 0.521. The molecule has 0 aliphatic carbocycles. The van der Waals surface area contributed by atoms with Crippen LogP contribution in [0.5, 0.6) is 0 Å². The Bertz CT molecular complexity index is 978. The van der Waals surface area contributed by atoms with Crippen molar-refractivity contribution < 1.29 is 18.8 Å². The number of carbonyl (C=O) groups excluding carboxylic acids is 2. The molecule has 2 aromatic heterocycles. The van der Waals surface area contributed by atoms with Gasteiger partial charge in [-0.3, -0.25) is 9.59 Å². The summed E-state index contributed by atoms with van der Waals surface area (Å²) in [4.78, 5) is 26.8. The van der Waals surface area contributed by atoms with E-state index < -0.39 is 18.0 Å². The fourth-order valence-electron chi connectivity index (χ4n) is 2.47. The lowest BCUT2D eigenvalue weighted by Gasteiger charge is -2.20. The lowest BCUT2D eigenvalue weighted by molar-refractivity contribution is -0.153. The number of benzene rings is 1. The van der Waals surface area contributed by atoms with Gasteiger partial charge < -0.3 is 19.5 Å². The summed E-state index contributed by atoms with van der Waals surface area (Å²) < 4.78 is 10.4. The summed E-state index contributed by atoms with van der Waals surface area (Å²) in [5.74, 6) is 0.0406. The van der Waals surface area contributed by atoms with E-state index in [4.69, 9.17) is 20.9 Å². The SMILES string of the molecule is Cc1cc(NC(=O)C(OC(=O)CN(C)c2ccc(Cl)nn2)c2ccccc2)no1. The van der Waals surface area contributed by atoms with Crippen LogP contribution in [0.3, 0.4) is 0 Å². The minimum absolute atomic E-state index is 0.143. The molecule has 9 nitrogen and oxygen atoms in total. The monoisotopic (exact) mass is 415 g/mol. The van der Waals surface area contributed by atoms with Gasteiger partial charge in [-0.2, -0.15) is 0 Å². The van der Waals surface area contributed by atoms with Crippen LogP contribution in [0.1, 0.15) is 17.4 Å². The highest BCUT2D eigenvalue weighted by Gasteiger charge is 2.26. The Hall–Kier alpha value is -3.46. The average Bonchev–Trinajstić information content (AvgIpc) is 3.11. The van der Waals surface area contributed by atoms with Crippen LogP contribution in [0.2, 0.25) is 5.15 Å². The number of aromatic nitrogens is 3. The Balaban J connectivity index is 1.71. The van der Waals surface area contributed by atoms with Crippen molar-refractivity contribution in [2.75, 3.05) is 23.8 Å². The molecular formula is C19H18ClN5O4. The first-order valence-electron chi connectivity index (χ1n) is 8.61. The molecular weight excluding hydrogens is 398 g/mol. The largest absolute Gasteiger partial charge is 0.446 e. The maximum absolute atomic E-state index is 12.7. The van der Waals surface area contributed by atoms with Crippen LogP contribution in [0, 0.1) is 6.92 Å². The number of nitrogens with zero attached hydrogens (tertiary/aromatic N) is 4. The maximum atomic E-state index is 12.7. The number of likely N-dealkylation sites (N-methyl/N-ethyl adjacent to an activating group) is 1. The summed E-state index contributed by atoms with van der Waals surface area (Å²) in [6.07, 6.45) is -1.16. The molecule has 1 unspecified atom stereocenters. The first-order valence-corrected chi connectivity index (χ1v) is 8.99. The van der Waals surface area contributed by atoms with E-state index in [-0.39, 0.29) is 17.5 Å². The van der Waals surface area contributed by atoms with Gasteiger partial charge in [0, 0.05) is 18.7 Å². The van der Waals surface area contributed by atoms with Crippen LogP contribution in [-0.4, -0.2) is 40.8 Å². The topological polar surface area (TPSA) is 110 Å². The number of aryl methyl sites for hydroxylation is 1. The van der Waals surface area contributed by atoms with E-state index in [2.05, 4.69) is 20.7 Å². The lowest BCUT2D eigenvalue weighted by Crippen LogP contribution is -2.32. The number of halogens is 1. The Morgan fingerprint density at radius 3 is 2.59 bits per heavy atom. The molecule has 1 aromatic carbocycles. The molecule has 29 heavy (non-hydrogen) atoms. The van der Waals surface area contributed by atoms with E-state index in [1.165, 1.54) is 4.90 Å². The van der Waals surface area contributed by atoms with Gasteiger partial charge in [-0.1, -0.05) is 47.1 Å². The predicted octanol–water partition coefficient (Wildman–Crippen LogP) is 2.79. The minimum atomic E-state index is -1.16. The Morgan fingerprint density at radius 1 is 1.21 bits per heavy atom. The minimum Gasteiger partial charge on any atom is -0.446 e. The van der Waals surface area contributed by atoms with Crippen molar-refractivity contribution in [1.29, 1.82) is 0 Å². The van der Waals surface area contributed by atoms with E-state index in [0.29, 0.717) is 17.1 Å². The Labute approximate surface area is 171 Å². The van der Waals surface area contributed by atoms with Crippen molar-refractivity contribution in [3.05, 3.63) is 65.0 Å². The molecule has 1 atom stereocenters. The van der Waals surface area contributed by atoms with Crippen molar-refractivity contribution in [2.45, 2.75) is 13.0 Å². The number of nitrogens with one attached hydrogen (secondary N) is 1. The van der Waals surface area contributed by atoms with Crippen LogP contribution in [0.25, 0.3) is 0 Å². The van der Waals surface area contributed by atoms with Gasteiger partial charge in [-0.25, -0.2) is 0 Å². The summed E-state index contributed by atoms with van der Waals surface area (Å²) >= 11 is 5.72. The van der Waals surface area contributed by atoms with Crippen LogP contribution in [0.4, 0.5) is 11.6 Å². The Kier molecular flexibility index (Phi) is 6.40. The van der Waals surface area contributed by atoms with E-state index >= 15 is 0 Å². The fraction of sp³-hybridized carbons (Fsp3) is 0.211. The molecule has 3 aromatic rings. The number of hydrogen-bond donors (Lipinski definition) is 1. The quantitative estimate of drug-likeness (QED) is 0.586. The molecule has 150 valence electrons. The second-order valence-corrected chi connectivity index (χ2v) is 6.55. The highest BCUT2D eigenvalue weighted by Crippen LogP contribution is 2.21. The van der Waals surface area contributed by atoms with Gasteiger partial charge in [0.2, 0.25) is 6.10 Å². The number of ether oxygens (including phenoxy) is 1. The lowest BCUT2D eigenvalue weighted by atomic mass is 10.1. The normalized spacial score (nSPS) is 11.6. The second kappa shape index (κ2) is 9.16. The van der Waals surface area contributed by atoms with E-state index in [1.807, 2.05) is 0 Å². The van der Waals surface area contributed by atoms with Gasteiger partial charge in [-0.05, 0) is 19.1 Å². The van der Waals surface area contributed by atoms with Gasteiger partial charge in [0.05, 0.1) is 0 Å². The fourth-order valence-corrected chi connectivity index (χ4v) is 2.57. The van der Waals surface area contributed by atoms with Gasteiger partial charge >= 0.3 is 5.97 Å². The predicted molar refractivity (Wildman–Crippen MR) is 105 cm³/mol. The van der Waals surface area contributed by atoms with Gasteiger partial charge in [0.15, 0.2) is 16.8 Å². The van der Waals surface area contributed by atoms with E-state index in [1.54, 1.807) is 62.5 Å². The molecule has 1 amide bonds. The van der Waals surface area contributed by atoms with E-state index in [9.17, 15) is 9.59 Å². The third kappa shape index (κ3) is 5.52. The zero-order valence-corrected chi connectivity index (χ0v) is 16.5. The van der Waals surface area contributed by atoms with E-state index in [0.717, 1.165) is 0 Å². The first-order chi connectivity index (χ1) is 13.9. The number of hydrogen-bond acceptors (Lipinski definition) is 8. The number of carbonyl (C=O) groups is 2. The standard InChI is InChI=1S/C19H18ClN5O4/c1-12-10-15(24-29-12)21-19(27)18(13-6-4-3-5-7-13)28-17(26)11-25(2)16-9-8-14(20)22-23-16/h3-10,18H,11H2,1-2H3,(H,21,24,27).